The number of nitrogens with zero attached hydrogens (tertiary/aromatic N) is 3. The van der Waals surface area contributed by atoms with E-state index in [0.717, 1.165) is 60.7 Å². The van der Waals surface area contributed by atoms with E-state index < -0.39 is 0 Å². The molecule has 2 heterocycles. The molecule has 51 heavy (non-hydrogen) atoms. The summed E-state index contributed by atoms with van der Waals surface area (Å²) in [6.45, 7) is 0. The van der Waals surface area contributed by atoms with Crippen LogP contribution < -0.4 is 0 Å². The second-order valence-electron chi connectivity index (χ2n) is 12.9. The summed E-state index contributed by atoms with van der Waals surface area (Å²) in [5, 5.41) is 7.01. The van der Waals surface area contributed by atoms with Gasteiger partial charge in [-0.3, -0.25) is 0 Å². The molecule has 0 saturated heterocycles. The minimum Gasteiger partial charge on any atom is -0.456 e. The Labute approximate surface area is 294 Å². The second-order valence-corrected chi connectivity index (χ2v) is 12.9. The number of furan rings is 1. The number of fused-ring (bicyclic) bond motifs is 5. The van der Waals surface area contributed by atoms with Gasteiger partial charge in [-0.2, -0.15) is 0 Å². The summed E-state index contributed by atoms with van der Waals surface area (Å²) in [7, 11) is 0. The van der Waals surface area contributed by atoms with E-state index in [1.54, 1.807) is 0 Å². The third kappa shape index (κ3) is 5.22. The van der Waals surface area contributed by atoms with Crippen LogP contribution in [0.1, 0.15) is 0 Å². The standard InChI is InChI=1S/C47H29N3O/c1-3-10-36-28-38(26-18-30(36)8-1)32-16-22-34(23-17-32)45-48-46(50-47(49-45)39-27-19-31-9-2-4-11-37(31)29-39)35-24-20-33(21-25-35)40-13-7-15-43-44(40)41-12-5-6-14-42(41)51-43/h1-29H. The summed E-state index contributed by atoms with van der Waals surface area (Å²) >= 11 is 0. The fourth-order valence-corrected chi connectivity index (χ4v) is 7.09. The summed E-state index contributed by atoms with van der Waals surface area (Å²) < 4.78 is 6.17. The van der Waals surface area contributed by atoms with Gasteiger partial charge in [0.25, 0.3) is 0 Å². The number of rotatable bonds is 5. The summed E-state index contributed by atoms with van der Waals surface area (Å²) in [6, 6.07) is 61.2. The molecule has 4 heteroatoms. The Bertz CT molecular complexity index is 2910. The Morgan fingerprint density at radius 3 is 1.45 bits per heavy atom. The van der Waals surface area contributed by atoms with E-state index in [1.165, 1.54) is 21.7 Å². The first-order chi connectivity index (χ1) is 25.2. The molecule has 0 aliphatic rings. The van der Waals surface area contributed by atoms with E-state index in [-0.39, 0.29) is 0 Å². The van der Waals surface area contributed by atoms with Crippen LogP contribution >= 0.6 is 0 Å². The number of benzene rings is 8. The zero-order chi connectivity index (χ0) is 33.7. The van der Waals surface area contributed by atoms with E-state index in [9.17, 15) is 0 Å². The van der Waals surface area contributed by atoms with Crippen molar-refractivity contribution in [2.24, 2.45) is 0 Å². The molecule has 0 atom stereocenters. The third-order valence-electron chi connectivity index (χ3n) is 9.73. The van der Waals surface area contributed by atoms with Gasteiger partial charge in [-0.1, -0.05) is 152 Å². The molecule has 0 aliphatic carbocycles. The maximum atomic E-state index is 6.17. The molecule has 238 valence electrons. The topological polar surface area (TPSA) is 51.8 Å². The summed E-state index contributed by atoms with van der Waals surface area (Å²) in [4.78, 5) is 15.1. The molecule has 10 rings (SSSR count). The normalized spacial score (nSPS) is 11.5. The van der Waals surface area contributed by atoms with E-state index in [4.69, 9.17) is 19.4 Å². The van der Waals surface area contributed by atoms with Crippen LogP contribution in [-0.4, -0.2) is 15.0 Å². The smallest absolute Gasteiger partial charge is 0.164 e. The average Bonchev–Trinajstić information content (AvgIpc) is 3.59. The fraction of sp³-hybridized carbons (Fsp3) is 0. The molecular weight excluding hydrogens is 623 g/mol. The van der Waals surface area contributed by atoms with Crippen molar-refractivity contribution in [3.63, 3.8) is 0 Å². The van der Waals surface area contributed by atoms with E-state index in [1.807, 2.05) is 24.3 Å². The summed E-state index contributed by atoms with van der Waals surface area (Å²) in [6.07, 6.45) is 0. The highest BCUT2D eigenvalue weighted by Crippen LogP contribution is 2.37. The fourth-order valence-electron chi connectivity index (χ4n) is 7.09. The molecule has 0 aliphatic heterocycles. The molecule has 0 unspecified atom stereocenters. The highest BCUT2D eigenvalue weighted by Gasteiger charge is 2.15. The van der Waals surface area contributed by atoms with Crippen LogP contribution in [0.5, 0.6) is 0 Å². The van der Waals surface area contributed by atoms with Crippen LogP contribution in [0.2, 0.25) is 0 Å². The zero-order valence-corrected chi connectivity index (χ0v) is 27.5. The predicted octanol–water partition coefficient (Wildman–Crippen LogP) is 12.4. The maximum absolute atomic E-state index is 6.17. The highest BCUT2D eigenvalue weighted by atomic mass is 16.3. The average molecular weight is 652 g/mol. The third-order valence-corrected chi connectivity index (χ3v) is 9.73. The van der Waals surface area contributed by atoms with Gasteiger partial charge in [-0.05, 0) is 68.1 Å². The maximum Gasteiger partial charge on any atom is 0.164 e. The number of hydrogen-bond donors (Lipinski definition) is 0. The lowest BCUT2D eigenvalue weighted by Crippen LogP contribution is -2.00. The second kappa shape index (κ2) is 11.9. The van der Waals surface area contributed by atoms with Crippen LogP contribution in [-0.2, 0) is 0 Å². The zero-order valence-electron chi connectivity index (χ0n) is 27.5. The Balaban J connectivity index is 1.06. The molecule has 0 N–H and O–H groups in total. The Hall–Kier alpha value is -6.91. The van der Waals surface area contributed by atoms with Crippen molar-refractivity contribution in [3.05, 3.63) is 176 Å². The van der Waals surface area contributed by atoms with Gasteiger partial charge in [0.05, 0.1) is 0 Å². The lowest BCUT2D eigenvalue weighted by molar-refractivity contribution is 0.669. The largest absolute Gasteiger partial charge is 0.456 e. The van der Waals surface area contributed by atoms with E-state index in [2.05, 4.69) is 152 Å². The molecule has 0 spiro atoms. The van der Waals surface area contributed by atoms with Gasteiger partial charge < -0.3 is 4.42 Å². The summed E-state index contributed by atoms with van der Waals surface area (Å²) in [5.41, 5.74) is 9.11. The van der Waals surface area contributed by atoms with Crippen molar-refractivity contribution in [3.8, 4) is 56.4 Å². The van der Waals surface area contributed by atoms with E-state index >= 15 is 0 Å². The Morgan fingerprint density at radius 2 is 0.784 bits per heavy atom. The van der Waals surface area contributed by atoms with Crippen molar-refractivity contribution in [1.29, 1.82) is 0 Å². The van der Waals surface area contributed by atoms with Crippen LogP contribution in [0.15, 0.2) is 180 Å². The lowest BCUT2D eigenvalue weighted by atomic mass is 9.98. The number of aromatic nitrogens is 3. The molecule has 0 amide bonds. The monoisotopic (exact) mass is 651 g/mol. The molecule has 0 fully saturated rings. The van der Waals surface area contributed by atoms with Crippen molar-refractivity contribution >= 4 is 43.5 Å². The quantitative estimate of drug-likeness (QED) is 0.186. The SMILES string of the molecule is c1ccc2cc(-c3ccc(-c4nc(-c5ccc(-c6cccc7oc8ccccc8c67)cc5)nc(-c5ccc6ccccc6c5)n4)cc3)ccc2c1. The lowest BCUT2D eigenvalue weighted by Gasteiger charge is -2.11. The first-order valence-corrected chi connectivity index (χ1v) is 17.1. The highest BCUT2D eigenvalue weighted by molar-refractivity contribution is 6.12. The first kappa shape index (κ1) is 29.0. The Morgan fingerprint density at radius 1 is 0.314 bits per heavy atom. The minimum atomic E-state index is 0.625. The molecule has 8 aromatic carbocycles. The van der Waals surface area contributed by atoms with E-state index in [0.29, 0.717) is 17.5 Å². The first-order valence-electron chi connectivity index (χ1n) is 17.1. The number of para-hydroxylation sites is 1. The van der Waals surface area contributed by atoms with Gasteiger partial charge in [0.15, 0.2) is 17.5 Å². The van der Waals surface area contributed by atoms with Gasteiger partial charge in [0.1, 0.15) is 11.2 Å². The van der Waals surface area contributed by atoms with Crippen LogP contribution in [0.3, 0.4) is 0 Å². The van der Waals surface area contributed by atoms with Crippen LogP contribution in [0.4, 0.5) is 0 Å². The molecule has 0 bridgehead atoms. The molecule has 10 aromatic rings. The van der Waals surface area contributed by atoms with Crippen molar-refractivity contribution in [2.45, 2.75) is 0 Å². The molecule has 4 nitrogen and oxygen atoms in total. The van der Waals surface area contributed by atoms with Gasteiger partial charge >= 0.3 is 0 Å². The van der Waals surface area contributed by atoms with Gasteiger partial charge in [0, 0.05) is 27.5 Å². The van der Waals surface area contributed by atoms with Gasteiger partial charge in [0.2, 0.25) is 0 Å². The Kier molecular flexibility index (Phi) is 6.78. The van der Waals surface area contributed by atoms with Gasteiger partial charge in [-0.15, -0.1) is 0 Å². The predicted molar refractivity (Wildman–Crippen MR) is 209 cm³/mol. The van der Waals surface area contributed by atoms with Gasteiger partial charge in [-0.25, -0.2) is 15.0 Å². The minimum absolute atomic E-state index is 0.625. The van der Waals surface area contributed by atoms with Crippen molar-refractivity contribution in [1.82, 2.24) is 15.0 Å². The molecule has 2 aromatic heterocycles. The number of hydrogen-bond acceptors (Lipinski definition) is 4. The van der Waals surface area contributed by atoms with Crippen molar-refractivity contribution in [2.75, 3.05) is 0 Å². The molecule has 0 radical (unpaired) electrons. The molecular formula is C47H29N3O. The molecule has 0 saturated carbocycles. The summed E-state index contributed by atoms with van der Waals surface area (Å²) in [5.74, 6) is 1.89. The van der Waals surface area contributed by atoms with Crippen LogP contribution in [0, 0.1) is 0 Å². The van der Waals surface area contributed by atoms with Crippen LogP contribution in [0.25, 0.3) is 99.9 Å². The van der Waals surface area contributed by atoms with Crippen molar-refractivity contribution < 1.29 is 4.42 Å².